The second-order valence-electron chi connectivity index (χ2n) is 3.04. The van der Waals surface area contributed by atoms with Crippen molar-refractivity contribution in [2.75, 3.05) is 11.5 Å². The zero-order valence-corrected chi connectivity index (χ0v) is 8.98. The van der Waals surface area contributed by atoms with Gasteiger partial charge in [0.05, 0.1) is 6.20 Å². The molecule has 1 aromatic carbocycles. The fraction of sp³-hybridized carbons (Fsp3) is 0. The molecule has 0 radical (unpaired) electrons. The summed E-state index contributed by atoms with van der Waals surface area (Å²) in [5.74, 6) is 1.15. The fourth-order valence-corrected chi connectivity index (χ4v) is 1.28. The van der Waals surface area contributed by atoms with E-state index in [4.69, 9.17) is 27.8 Å². The molecule has 0 saturated heterocycles. The van der Waals surface area contributed by atoms with Gasteiger partial charge in [0, 0.05) is 5.02 Å². The Balaban J connectivity index is 2.24. The van der Waals surface area contributed by atoms with Gasteiger partial charge in [0.25, 0.3) is 0 Å². The number of rotatable bonds is 2. The predicted octanol–water partition coefficient (Wildman–Crippen LogP) is 2.09. The van der Waals surface area contributed by atoms with Crippen molar-refractivity contribution in [1.82, 2.24) is 9.97 Å². The highest BCUT2D eigenvalue weighted by Gasteiger charge is 2.03. The summed E-state index contributed by atoms with van der Waals surface area (Å²) >= 11 is 5.81. The number of nitrogens with two attached hydrogens (primary N) is 2. The molecule has 0 amide bonds. The lowest BCUT2D eigenvalue weighted by Crippen LogP contribution is -2.01. The van der Waals surface area contributed by atoms with Crippen molar-refractivity contribution < 1.29 is 4.74 Å². The Morgan fingerprint density at radius 2 is 2.00 bits per heavy atom. The van der Waals surface area contributed by atoms with Gasteiger partial charge in [-0.05, 0) is 18.2 Å². The molecule has 0 bridgehead atoms. The van der Waals surface area contributed by atoms with E-state index >= 15 is 0 Å². The number of benzene rings is 1. The van der Waals surface area contributed by atoms with Gasteiger partial charge in [0.15, 0.2) is 11.6 Å². The molecule has 0 aliphatic heterocycles. The van der Waals surface area contributed by atoms with Crippen molar-refractivity contribution in [2.24, 2.45) is 0 Å². The summed E-state index contributed by atoms with van der Waals surface area (Å²) in [6.45, 7) is 0. The third-order valence-electron chi connectivity index (χ3n) is 1.83. The maximum absolute atomic E-state index is 5.81. The van der Waals surface area contributed by atoms with Crippen LogP contribution in [0.5, 0.6) is 11.6 Å². The van der Waals surface area contributed by atoms with Gasteiger partial charge in [0.2, 0.25) is 5.88 Å². The fourth-order valence-electron chi connectivity index (χ4n) is 1.10. The van der Waals surface area contributed by atoms with Crippen LogP contribution in [0.25, 0.3) is 0 Å². The second kappa shape index (κ2) is 4.24. The summed E-state index contributed by atoms with van der Waals surface area (Å²) in [6.07, 6.45) is 1.40. The van der Waals surface area contributed by atoms with E-state index in [1.165, 1.54) is 6.20 Å². The molecule has 2 aromatic rings. The number of nitrogen functional groups attached to an aromatic ring is 2. The Bertz CT molecular complexity index is 518. The van der Waals surface area contributed by atoms with Crippen LogP contribution >= 0.6 is 11.6 Å². The molecule has 1 heterocycles. The quantitative estimate of drug-likeness (QED) is 0.834. The molecule has 5 nitrogen and oxygen atoms in total. The predicted molar refractivity (Wildman–Crippen MR) is 62.4 cm³/mol. The van der Waals surface area contributed by atoms with E-state index in [1.807, 2.05) is 0 Å². The Kier molecular flexibility index (Phi) is 2.78. The molecular weight excluding hydrogens is 228 g/mol. The monoisotopic (exact) mass is 236 g/mol. The standard InChI is InChI=1S/C10H9ClN4O/c11-6-2-1-3-7(4-6)16-8-5-14-9(12)10(13)15-8/h1-5H,(H2,12,14)(H2,13,15). The first-order valence-corrected chi connectivity index (χ1v) is 4.84. The van der Waals surface area contributed by atoms with Crippen molar-refractivity contribution >= 4 is 23.2 Å². The molecule has 0 spiro atoms. The lowest BCUT2D eigenvalue weighted by molar-refractivity contribution is 0.461. The summed E-state index contributed by atoms with van der Waals surface area (Å²) in [7, 11) is 0. The summed E-state index contributed by atoms with van der Waals surface area (Å²) in [5.41, 5.74) is 10.9. The van der Waals surface area contributed by atoms with Crippen molar-refractivity contribution in [2.45, 2.75) is 0 Å². The Morgan fingerprint density at radius 1 is 1.19 bits per heavy atom. The van der Waals surface area contributed by atoms with Crippen molar-refractivity contribution in [1.29, 1.82) is 0 Å². The van der Waals surface area contributed by atoms with Crippen molar-refractivity contribution in [3.63, 3.8) is 0 Å². The molecule has 6 heteroatoms. The van der Waals surface area contributed by atoms with Crippen LogP contribution in [-0.4, -0.2) is 9.97 Å². The molecule has 2 rings (SSSR count). The summed E-state index contributed by atoms with van der Waals surface area (Å²) in [4.78, 5) is 7.75. The van der Waals surface area contributed by atoms with E-state index in [-0.39, 0.29) is 17.5 Å². The van der Waals surface area contributed by atoms with Gasteiger partial charge >= 0.3 is 0 Å². The topological polar surface area (TPSA) is 87.0 Å². The van der Waals surface area contributed by atoms with E-state index in [2.05, 4.69) is 9.97 Å². The number of hydrogen-bond donors (Lipinski definition) is 2. The normalized spacial score (nSPS) is 10.1. The molecule has 0 aliphatic carbocycles. The van der Waals surface area contributed by atoms with Crippen LogP contribution in [0.4, 0.5) is 11.6 Å². The van der Waals surface area contributed by atoms with Gasteiger partial charge < -0.3 is 16.2 Å². The Labute approximate surface area is 97.0 Å². The van der Waals surface area contributed by atoms with Gasteiger partial charge in [-0.25, -0.2) is 4.98 Å². The van der Waals surface area contributed by atoms with Gasteiger partial charge in [-0.2, -0.15) is 4.98 Å². The summed E-state index contributed by atoms with van der Waals surface area (Å²) in [6, 6.07) is 6.93. The van der Waals surface area contributed by atoms with Crippen molar-refractivity contribution in [3.8, 4) is 11.6 Å². The number of halogens is 1. The largest absolute Gasteiger partial charge is 0.437 e. The van der Waals surface area contributed by atoms with Crippen LogP contribution in [0, 0.1) is 0 Å². The maximum Gasteiger partial charge on any atom is 0.239 e. The molecule has 82 valence electrons. The molecular formula is C10H9ClN4O. The zero-order valence-electron chi connectivity index (χ0n) is 8.22. The highest BCUT2D eigenvalue weighted by Crippen LogP contribution is 2.23. The van der Waals surface area contributed by atoms with E-state index in [9.17, 15) is 0 Å². The van der Waals surface area contributed by atoms with E-state index in [1.54, 1.807) is 24.3 Å². The Morgan fingerprint density at radius 3 is 2.69 bits per heavy atom. The van der Waals surface area contributed by atoms with Crippen molar-refractivity contribution in [3.05, 3.63) is 35.5 Å². The van der Waals surface area contributed by atoms with Crippen LogP contribution in [0.3, 0.4) is 0 Å². The number of ether oxygens (including phenoxy) is 1. The molecule has 0 unspecified atom stereocenters. The number of aromatic nitrogens is 2. The summed E-state index contributed by atoms with van der Waals surface area (Å²) in [5, 5.41) is 0.578. The molecule has 0 saturated carbocycles. The van der Waals surface area contributed by atoms with Crippen LogP contribution in [0.2, 0.25) is 5.02 Å². The molecule has 0 fully saturated rings. The number of hydrogen-bond acceptors (Lipinski definition) is 5. The molecule has 0 aliphatic rings. The lowest BCUT2D eigenvalue weighted by Gasteiger charge is -2.05. The van der Waals surface area contributed by atoms with E-state index in [0.717, 1.165) is 0 Å². The van der Waals surface area contributed by atoms with E-state index in [0.29, 0.717) is 10.8 Å². The molecule has 4 N–H and O–H groups in total. The minimum Gasteiger partial charge on any atom is -0.437 e. The first-order chi connectivity index (χ1) is 7.65. The number of anilines is 2. The van der Waals surface area contributed by atoms with E-state index < -0.39 is 0 Å². The molecule has 1 aromatic heterocycles. The van der Waals surface area contributed by atoms with Crippen LogP contribution in [0.1, 0.15) is 0 Å². The van der Waals surface area contributed by atoms with Gasteiger partial charge in [0.1, 0.15) is 5.75 Å². The van der Waals surface area contributed by atoms with Crippen LogP contribution < -0.4 is 16.2 Å². The van der Waals surface area contributed by atoms with Gasteiger partial charge in [-0.3, -0.25) is 0 Å². The highest BCUT2D eigenvalue weighted by atomic mass is 35.5. The third kappa shape index (κ3) is 2.32. The first-order valence-electron chi connectivity index (χ1n) is 4.46. The SMILES string of the molecule is Nc1ncc(Oc2cccc(Cl)c2)nc1N. The average molecular weight is 237 g/mol. The average Bonchev–Trinajstić information content (AvgIpc) is 2.24. The number of nitrogens with zero attached hydrogens (tertiary/aromatic N) is 2. The summed E-state index contributed by atoms with van der Waals surface area (Å²) < 4.78 is 5.40. The molecule has 16 heavy (non-hydrogen) atoms. The van der Waals surface area contributed by atoms with Crippen LogP contribution in [-0.2, 0) is 0 Å². The maximum atomic E-state index is 5.81. The Hall–Kier alpha value is -2.01. The molecule has 0 atom stereocenters. The van der Waals surface area contributed by atoms with Gasteiger partial charge in [-0.1, -0.05) is 17.7 Å². The third-order valence-corrected chi connectivity index (χ3v) is 2.06. The first kappa shape index (κ1) is 10.5. The zero-order chi connectivity index (χ0) is 11.5. The smallest absolute Gasteiger partial charge is 0.239 e. The van der Waals surface area contributed by atoms with Crippen LogP contribution in [0.15, 0.2) is 30.5 Å². The minimum atomic E-state index is 0.138. The minimum absolute atomic E-state index is 0.138. The van der Waals surface area contributed by atoms with Gasteiger partial charge in [-0.15, -0.1) is 0 Å². The lowest BCUT2D eigenvalue weighted by atomic mass is 10.3. The highest BCUT2D eigenvalue weighted by molar-refractivity contribution is 6.30. The second-order valence-corrected chi connectivity index (χ2v) is 3.47.